The fourth-order valence-corrected chi connectivity index (χ4v) is 9.11. The summed E-state index contributed by atoms with van der Waals surface area (Å²) < 4.78 is 29.3. The van der Waals surface area contributed by atoms with Crippen LogP contribution in [0.2, 0.25) is 0 Å². The molecule has 1 saturated heterocycles. The molecular formula is C29H36N4O2S3. The molecule has 9 heteroatoms. The molecule has 0 bridgehead atoms. The van der Waals surface area contributed by atoms with Gasteiger partial charge in [0.15, 0.2) is 0 Å². The molecule has 1 saturated carbocycles. The minimum atomic E-state index is -3.63. The number of H-pyrrole nitrogens is 1. The van der Waals surface area contributed by atoms with Crippen LogP contribution in [0.25, 0.3) is 21.6 Å². The Morgan fingerprint density at radius 1 is 1.11 bits per heavy atom. The molecule has 1 aliphatic heterocycles. The van der Waals surface area contributed by atoms with E-state index in [-0.39, 0.29) is 0 Å². The number of benzene rings is 1. The third-order valence-electron chi connectivity index (χ3n) is 8.04. The first kappa shape index (κ1) is 26.0. The molecule has 6 rings (SSSR count). The topological polar surface area (TPSA) is 69.3 Å². The van der Waals surface area contributed by atoms with E-state index in [1.807, 2.05) is 29.8 Å². The standard InChI is InChI=1S/C29H36N4O2S3/c1-29(2,3)22-11-13-32(14-12-22)19-23-17-30-28(37-23)24-16-21-6-4-7-25(27(21)31-24)33(18-20-9-10-20)38(34,35)26-8-5-15-36-26/h4-8,15-17,20,22,31H,9-14,18-19H2,1-3H3. The zero-order valence-electron chi connectivity index (χ0n) is 22.3. The number of rotatable bonds is 8. The van der Waals surface area contributed by atoms with Gasteiger partial charge in [-0.25, -0.2) is 13.4 Å². The summed E-state index contributed by atoms with van der Waals surface area (Å²) in [5.41, 5.74) is 2.89. The molecule has 6 nitrogen and oxygen atoms in total. The van der Waals surface area contributed by atoms with E-state index in [1.165, 1.54) is 29.1 Å². The maximum absolute atomic E-state index is 13.7. The summed E-state index contributed by atoms with van der Waals surface area (Å²) in [4.78, 5) is 12.1. The highest BCUT2D eigenvalue weighted by molar-refractivity contribution is 7.94. The van der Waals surface area contributed by atoms with Gasteiger partial charge in [0, 0.05) is 29.5 Å². The summed E-state index contributed by atoms with van der Waals surface area (Å²) in [6, 6.07) is 11.5. The molecule has 4 heterocycles. The Morgan fingerprint density at radius 3 is 2.58 bits per heavy atom. The number of thiophene rings is 1. The lowest BCUT2D eigenvalue weighted by atomic mass is 9.75. The van der Waals surface area contributed by atoms with Crippen molar-refractivity contribution < 1.29 is 8.42 Å². The molecule has 4 aromatic rings. The Hall–Kier alpha value is -2.20. The van der Waals surface area contributed by atoms with Gasteiger partial charge in [0.1, 0.15) is 9.22 Å². The number of hydrogen-bond donors (Lipinski definition) is 1. The van der Waals surface area contributed by atoms with Gasteiger partial charge in [-0.2, -0.15) is 0 Å². The molecule has 38 heavy (non-hydrogen) atoms. The summed E-state index contributed by atoms with van der Waals surface area (Å²) in [6.45, 7) is 10.8. The second kappa shape index (κ2) is 10.1. The van der Waals surface area contributed by atoms with Gasteiger partial charge in [0.2, 0.25) is 0 Å². The number of nitrogens with zero attached hydrogens (tertiary/aromatic N) is 3. The van der Waals surface area contributed by atoms with Crippen molar-refractivity contribution in [2.75, 3.05) is 23.9 Å². The molecule has 1 aromatic carbocycles. The van der Waals surface area contributed by atoms with Crippen molar-refractivity contribution in [3.8, 4) is 10.7 Å². The van der Waals surface area contributed by atoms with Crippen molar-refractivity contribution >= 4 is 49.3 Å². The van der Waals surface area contributed by atoms with Crippen LogP contribution in [0.1, 0.15) is 51.3 Å². The first-order valence-electron chi connectivity index (χ1n) is 13.5. The molecular weight excluding hydrogens is 533 g/mol. The van der Waals surface area contributed by atoms with Crippen LogP contribution in [0, 0.1) is 17.3 Å². The number of piperidine rings is 1. The SMILES string of the molecule is CC(C)(C)C1CCN(Cc2cnc(-c3cc4cccc(N(CC5CC5)S(=O)(=O)c5cccs5)c4[nH]3)s2)CC1. The van der Waals surface area contributed by atoms with Gasteiger partial charge in [-0.1, -0.05) is 39.0 Å². The average molecular weight is 569 g/mol. The maximum atomic E-state index is 13.7. The summed E-state index contributed by atoms with van der Waals surface area (Å²) in [6.07, 6.45) is 6.68. The van der Waals surface area contributed by atoms with Gasteiger partial charge in [-0.15, -0.1) is 22.7 Å². The van der Waals surface area contributed by atoms with Crippen LogP contribution >= 0.6 is 22.7 Å². The minimum absolute atomic E-state index is 0.384. The van der Waals surface area contributed by atoms with E-state index in [1.54, 1.807) is 27.8 Å². The highest BCUT2D eigenvalue weighted by Crippen LogP contribution is 2.39. The van der Waals surface area contributed by atoms with Crippen molar-refractivity contribution in [1.29, 1.82) is 0 Å². The molecule has 1 N–H and O–H groups in total. The van der Waals surface area contributed by atoms with E-state index in [9.17, 15) is 8.42 Å². The monoisotopic (exact) mass is 568 g/mol. The maximum Gasteiger partial charge on any atom is 0.273 e. The van der Waals surface area contributed by atoms with Crippen molar-refractivity contribution in [3.05, 3.63) is 52.9 Å². The van der Waals surface area contributed by atoms with Crippen LogP contribution in [-0.4, -0.2) is 42.9 Å². The predicted molar refractivity (Wildman–Crippen MR) is 158 cm³/mol. The van der Waals surface area contributed by atoms with Crippen molar-refractivity contribution in [2.24, 2.45) is 17.3 Å². The Balaban J connectivity index is 1.25. The van der Waals surface area contributed by atoms with Crippen LogP contribution in [0.3, 0.4) is 0 Å². The molecule has 2 fully saturated rings. The molecule has 2 aliphatic rings. The molecule has 1 aliphatic carbocycles. The van der Waals surface area contributed by atoms with Gasteiger partial charge < -0.3 is 4.98 Å². The number of aromatic amines is 1. The second-order valence-corrected chi connectivity index (χ2v) is 16.0. The molecule has 0 amide bonds. The fraction of sp³-hybridized carbons (Fsp3) is 0.483. The Labute approximate surface area is 233 Å². The zero-order valence-corrected chi connectivity index (χ0v) is 24.8. The Morgan fingerprint density at radius 2 is 1.89 bits per heavy atom. The second-order valence-electron chi connectivity index (χ2n) is 11.9. The minimum Gasteiger partial charge on any atom is -0.351 e. The van der Waals surface area contributed by atoms with Crippen LogP contribution in [0.4, 0.5) is 5.69 Å². The number of thiazole rings is 1. The van der Waals surface area contributed by atoms with Crippen molar-refractivity contribution in [2.45, 2.75) is 57.2 Å². The van der Waals surface area contributed by atoms with Gasteiger partial charge in [-0.05, 0) is 79.6 Å². The number of para-hydroxylation sites is 1. The number of anilines is 1. The molecule has 202 valence electrons. The van der Waals surface area contributed by atoms with Crippen LogP contribution in [-0.2, 0) is 16.6 Å². The smallest absolute Gasteiger partial charge is 0.273 e. The largest absolute Gasteiger partial charge is 0.351 e. The number of aromatic nitrogens is 2. The first-order valence-corrected chi connectivity index (χ1v) is 16.7. The van der Waals surface area contributed by atoms with E-state index in [4.69, 9.17) is 4.98 Å². The Bertz CT molecular complexity index is 1500. The van der Waals surface area contributed by atoms with Gasteiger partial charge >= 0.3 is 0 Å². The molecule has 0 spiro atoms. The number of nitrogens with one attached hydrogen (secondary N) is 1. The quantitative estimate of drug-likeness (QED) is 0.244. The first-order chi connectivity index (χ1) is 18.2. The Kier molecular flexibility index (Phi) is 6.91. The third-order valence-corrected chi connectivity index (χ3v) is 12.2. The lowest BCUT2D eigenvalue weighted by Gasteiger charge is -2.38. The number of sulfonamides is 1. The fourth-order valence-electron chi connectivity index (χ4n) is 5.53. The lowest BCUT2D eigenvalue weighted by molar-refractivity contribution is 0.108. The number of likely N-dealkylation sites (tertiary alicyclic amines) is 1. The number of fused-ring (bicyclic) bond motifs is 1. The van der Waals surface area contributed by atoms with Crippen LogP contribution in [0.15, 0.2) is 52.2 Å². The highest BCUT2D eigenvalue weighted by Gasteiger charge is 2.34. The highest BCUT2D eigenvalue weighted by atomic mass is 32.2. The molecule has 0 atom stereocenters. The zero-order chi connectivity index (χ0) is 26.5. The van der Waals surface area contributed by atoms with E-state index < -0.39 is 10.0 Å². The molecule has 0 unspecified atom stereocenters. The van der Waals surface area contributed by atoms with Gasteiger partial charge in [0.05, 0.1) is 16.9 Å². The normalized spacial score (nSPS) is 17.9. The van der Waals surface area contributed by atoms with Crippen LogP contribution in [0.5, 0.6) is 0 Å². The van der Waals surface area contributed by atoms with Crippen molar-refractivity contribution in [1.82, 2.24) is 14.9 Å². The summed E-state index contributed by atoms with van der Waals surface area (Å²) in [5, 5.41) is 3.77. The molecule has 0 radical (unpaired) electrons. The number of hydrogen-bond acceptors (Lipinski definition) is 6. The van der Waals surface area contributed by atoms with E-state index in [0.29, 0.717) is 27.8 Å². The lowest BCUT2D eigenvalue weighted by Crippen LogP contribution is -2.37. The van der Waals surface area contributed by atoms with E-state index >= 15 is 0 Å². The van der Waals surface area contributed by atoms with Gasteiger partial charge in [-0.3, -0.25) is 9.21 Å². The molecule has 3 aromatic heterocycles. The predicted octanol–water partition coefficient (Wildman–Crippen LogP) is 7.22. The van der Waals surface area contributed by atoms with Gasteiger partial charge in [0.25, 0.3) is 10.0 Å². The summed E-state index contributed by atoms with van der Waals surface area (Å²) in [5.74, 6) is 1.21. The van der Waals surface area contributed by atoms with Crippen LogP contribution < -0.4 is 4.31 Å². The summed E-state index contributed by atoms with van der Waals surface area (Å²) >= 11 is 3.00. The average Bonchev–Trinajstić information content (AvgIpc) is 3.28. The van der Waals surface area contributed by atoms with Crippen molar-refractivity contribution in [3.63, 3.8) is 0 Å². The van der Waals surface area contributed by atoms with E-state index in [2.05, 4.69) is 36.7 Å². The third kappa shape index (κ3) is 5.30. The van der Waals surface area contributed by atoms with E-state index in [0.717, 1.165) is 60.0 Å². The summed E-state index contributed by atoms with van der Waals surface area (Å²) in [7, 11) is -3.63.